The average molecular weight is 251 g/mol. The number of hydrogen-bond donors (Lipinski definition) is 3. The third kappa shape index (κ3) is 13.7. The first-order valence-electron chi connectivity index (χ1n) is 5.95. The smallest absolute Gasteiger partial charge is 0.0897 e. The summed E-state index contributed by atoms with van der Waals surface area (Å²) < 4.78 is 15.1. The van der Waals surface area contributed by atoms with E-state index in [4.69, 9.17) is 19.3 Å². The Kier molecular flexibility index (Phi) is 13.6. The Bertz CT molecular complexity index is 148. The molecule has 17 heavy (non-hydrogen) atoms. The highest BCUT2D eigenvalue weighted by Gasteiger charge is 2.02. The number of hydrogen-bond acceptors (Lipinski definition) is 6. The summed E-state index contributed by atoms with van der Waals surface area (Å²) in [5.74, 6) is 0. The molecule has 0 amide bonds. The van der Waals surface area contributed by atoms with E-state index in [0.717, 1.165) is 13.0 Å². The highest BCUT2D eigenvalue weighted by molar-refractivity contribution is 4.58. The first kappa shape index (κ1) is 16.8. The average Bonchev–Trinajstić information content (AvgIpc) is 2.33. The van der Waals surface area contributed by atoms with Gasteiger partial charge in [0.2, 0.25) is 0 Å². The van der Waals surface area contributed by atoms with Crippen LogP contribution in [-0.4, -0.2) is 76.2 Å². The van der Waals surface area contributed by atoms with Crippen molar-refractivity contribution >= 4 is 0 Å². The summed E-state index contributed by atoms with van der Waals surface area (Å²) in [6.07, 6.45) is 0.363. The third-order valence-electron chi connectivity index (χ3n) is 2.00. The molecule has 104 valence electrons. The molecule has 0 aromatic heterocycles. The lowest BCUT2D eigenvalue weighted by molar-refractivity contribution is 0.0136. The van der Waals surface area contributed by atoms with Gasteiger partial charge in [-0.3, -0.25) is 0 Å². The summed E-state index contributed by atoms with van der Waals surface area (Å²) in [4.78, 5) is 0. The second-order valence-electron chi connectivity index (χ2n) is 3.62. The van der Waals surface area contributed by atoms with Crippen LogP contribution in [0.15, 0.2) is 0 Å². The molecular weight excluding hydrogens is 226 g/mol. The molecule has 0 aromatic rings. The lowest BCUT2D eigenvalue weighted by Gasteiger charge is -2.12. The van der Waals surface area contributed by atoms with Crippen LogP contribution in [0.3, 0.4) is 0 Å². The van der Waals surface area contributed by atoms with E-state index in [-0.39, 0.29) is 6.61 Å². The maximum atomic E-state index is 9.50. The number of aliphatic hydroxyl groups excluding tert-OH is 2. The molecule has 1 atom stereocenters. The van der Waals surface area contributed by atoms with Gasteiger partial charge >= 0.3 is 0 Å². The van der Waals surface area contributed by atoms with E-state index in [2.05, 4.69) is 5.32 Å². The zero-order chi connectivity index (χ0) is 12.8. The minimum Gasteiger partial charge on any atom is -0.394 e. The maximum Gasteiger partial charge on any atom is 0.0897 e. The van der Waals surface area contributed by atoms with Crippen molar-refractivity contribution in [3.63, 3.8) is 0 Å². The van der Waals surface area contributed by atoms with Crippen molar-refractivity contribution in [2.24, 2.45) is 0 Å². The van der Waals surface area contributed by atoms with Gasteiger partial charge in [-0.05, 0) is 13.0 Å². The van der Waals surface area contributed by atoms with Gasteiger partial charge < -0.3 is 29.7 Å². The lowest BCUT2D eigenvalue weighted by Crippen LogP contribution is -2.31. The van der Waals surface area contributed by atoms with Crippen LogP contribution >= 0.6 is 0 Å². The summed E-state index contributed by atoms with van der Waals surface area (Å²) >= 11 is 0. The molecule has 0 saturated heterocycles. The highest BCUT2D eigenvalue weighted by Crippen LogP contribution is 1.86. The first-order valence-corrected chi connectivity index (χ1v) is 5.95. The Balaban J connectivity index is 3.08. The van der Waals surface area contributed by atoms with Gasteiger partial charge in [-0.1, -0.05) is 0 Å². The van der Waals surface area contributed by atoms with Crippen molar-refractivity contribution in [3.8, 4) is 0 Å². The van der Waals surface area contributed by atoms with E-state index in [1.807, 2.05) is 0 Å². The van der Waals surface area contributed by atoms with Crippen molar-refractivity contribution < 1.29 is 24.4 Å². The van der Waals surface area contributed by atoms with Gasteiger partial charge in [-0.25, -0.2) is 0 Å². The molecule has 6 heteroatoms. The Morgan fingerprint density at radius 1 is 1.12 bits per heavy atom. The molecule has 0 aliphatic rings. The molecule has 0 spiro atoms. The topological polar surface area (TPSA) is 80.2 Å². The standard InChI is InChI=1S/C11H25NO5/c1-15-7-8-17-10-11(14)9-12-3-2-5-16-6-4-13/h11-14H,2-10H2,1H3. The molecule has 0 aromatic carbocycles. The molecule has 0 aliphatic carbocycles. The molecule has 1 unspecified atom stereocenters. The zero-order valence-corrected chi connectivity index (χ0v) is 10.6. The summed E-state index contributed by atoms with van der Waals surface area (Å²) in [6.45, 7) is 3.71. The molecule has 0 rings (SSSR count). The minimum atomic E-state index is -0.495. The van der Waals surface area contributed by atoms with E-state index in [0.29, 0.717) is 39.6 Å². The van der Waals surface area contributed by atoms with E-state index in [1.165, 1.54) is 0 Å². The van der Waals surface area contributed by atoms with Gasteiger partial charge in [0.15, 0.2) is 0 Å². The molecule has 0 fully saturated rings. The molecule has 3 N–H and O–H groups in total. The van der Waals surface area contributed by atoms with Gasteiger partial charge in [0, 0.05) is 20.3 Å². The van der Waals surface area contributed by atoms with Crippen LogP contribution < -0.4 is 5.32 Å². The zero-order valence-electron chi connectivity index (χ0n) is 10.6. The maximum absolute atomic E-state index is 9.50. The van der Waals surface area contributed by atoms with Crippen molar-refractivity contribution in [3.05, 3.63) is 0 Å². The lowest BCUT2D eigenvalue weighted by atomic mass is 10.3. The van der Waals surface area contributed by atoms with E-state index < -0.39 is 6.10 Å². The number of ether oxygens (including phenoxy) is 3. The van der Waals surface area contributed by atoms with Gasteiger partial charge in [-0.2, -0.15) is 0 Å². The van der Waals surface area contributed by atoms with Crippen molar-refractivity contribution in [1.82, 2.24) is 5.32 Å². The monoisotopic (exact) mass is 251 g/mol. The number of rotatable bonds is 13. The normalized spacial score (nSPS) is 12.9. The summed E-state index contributed by atoms with van der Waals surface area (Å²) in [5, 5.41) is 21.1. The number of aliphatic hydroxyl groups is 2. The van der Waals surface area contributed by atoms with Crippen LogP contribution in [0.4, 0.5) is 0 Å². The van der Waals surface area contributed by atoms with Crippen molar-refractivity contribution in [2.75, 3.05) is 59.8 Å². The fourth-order valence-corrected chi connectivity index (χ4v) is 1.16. The van der Waals surface area contributed by atoms with Crippen LogP contribution in [0.1, 0.15) is 6.42 Å². The minimum absolute atomic E-state index is 0.0605. The van der Waals surface area contributed by atoms with Crippen LogP contribution in [0.25, 0.3) is 0 Å². The Morgan fingerprint density at radius 2 is 1.94 bits per heavy atom. The van der Waals surface area contributed by atoms with Gasteiger partial charge in [-0.15, -0.1) is 0 Å². The second-order valence-corrected chi connectivity index (χ2v) is 3.62. The summed E-state index contributed by atoms with van der Waals surface area (Å²) in [5.41, 5.74) is 0. The number of methoxy groups -OCH3 is 1. The summed E-state index contributed by atoms with van der Waals surface area (Å²) in [6, 6.07) is 0. The van der Waals surface area contributed by atoms with E-state index in [1.54, 1.807) is 7.11 Å². The fourth-order valence-electron chi connectivity index (χ4n) is 1.16. The van der Waals surface area contributed by atoms with Crippen LogP contribution in [0, 0.1) is 0 Å². The highest BCUT2D eigenvalue weighted by atomic mass is 16.5. The van der Waals surface area contributed by atoms with E-state index >= 15 is 0 Å². The van der Waals surface area contributed by atoms with E-state index in [9.17, 15) is 5.11 Å². The first-order chi connectivity index (χ1) is 8.31. The quantitative estimate of drug-likeness (QED) is 0.364. The van der Waals surface area contributed by atoms with Crippen LogP contribution in [-0.2, 0) is 14.2 Å². The van der Waals surface area contributed by atoms with Crippen LogP contribution in [0.5, 0.6) is 0 Å². The predicted octanol–water partition coefficient (Wildman–Crippen LogP) is -1.00. The Labute approximate surface area is 103 Å². The second kappa shape index (κ2) is 13.8. The fraction of sp³-hybridized carbons (Fsp3) is 1.00. The van der Waals surface area contributed by atoms with Crippen molar-refractivity contribution in [2.45, 2.75) is 12.5 Å². The SMILES string of the molecule is COCCOCC(O)CNCCCOCCO. The molecule has 6 nitrogen and oxygen atoms in total. The largest absolute Gasteiger partial charge is 0.394 e. The molecule has 0 saturated carbocycles. The molecule has 0 radical (unpaired) electrons. The Hall–Kier alpha value is -0.240. The molecule has 0 heterocycles. The van der Waals surface area contributed by atoms with Crippen LogP contribution in [0.2, 0.25) is 0 Å². The predicted molar refractivity (Wildman–Crippen MR) is 64.1 cm³/mol. The third-order valence-corrected chi connectivity index (χ3v) is 2.00. The van der Waals surface area contributed by atoms with Gasteiger partial charge in [0.05, 0.1) is 39.1 Å². The molecule has 0 aliphatic heterocycles. The Morgan fingerprint density at radius 3 is 2.65 bits per heavy atom. The van der Waals surface area contributed by atoms with Crippen molar-refractivity contribution in [1.29, 1.82) is 0 Å². The van der Waals surface area contributed by atoms with Gasteiger partial charge in [0.1, 0.15) is 0 Å². The molecule has 0 bridgehead atoms. The summed E-state index contributed by atoms with van der Waals surface area (Å²) in [7, 11) is 1.61. The molecular formula is C11H25NO5. The number of nitrogens with one attached hydrogen (secondary N) is 1. The van der Waals surface area contributed by atoms with Gasteiger partial charge in [0.25, 0.3) is 0 Å².